The number of aliphatic imine (C=N–C) groups is 1. The smallest absolute Gasteiger partial charge is 0.410 e. The van der Waals surface area contributed by atoms with Gasteiger partial charge in [0, 0.05) is 13.1 Å². The molecule has 27 heavy (non-hydrogen) atoms. The van der Waals surface area contributed by atoms with Gasteiger partial charge in [-0.1, -0.05) is 6.07 Å². The third kappa shape index (κ3) is 7.06. The van der Waals surface area contributed by atoms with Crippen molar-refractivity contribution < 1.29 is 19.1 Å². The van der Waals surface area contributed by atoms with Crippen molar-refractivity contribution in [3.05, 3.63) is 29.3 Å². The molecule has 1 aliphatic rings. The number of hydrogen-bond acceptors (Lipinski definition) is 5. The van der Waals surface area contributed by atoms with Crippen LogP contribution in [0.3, 0.4) is 0 Å². The van der Waals surface area contributed by atoms with Gasteiger partial charge in [0.25, 0.3) is 0 Å². The molecule has 1 aromatic rings. The summed E-state index contributed by atoms with van der Waals surface area (Å²) in [4.78, 5) is 28.0. The average Bonchev–Trinajstić information content (AvgIpc) is 2.61. The van der Waals surface area contributed by atoms with E-state index in [1.54, 1.807) is 11.0 Å². The molecule has 1 heterocycles. The number of carbonyl (C=O) groups excluding carboxylic acids is 2. The molecular weight excluding hydrogens is 344 g/mol. The molecule has 1 aromatic carbocycles. The van der Waals surface area contributed by atoms with Crippen LogP contribution in [0, 0.1) is 12.8 Å². The van der Waals surface area contributed by atoms with Gasteiger partial charge in [0.15, 0.2) is 0 Å². The van der Waals surface area contributed by atoms with E-state index in [0.29, 0.717) is 25.6 Å². The largest absolute Gasteiger partial charge is 0.494 e. The molecule has 0 radical (unpaired) electrons. The van der Waals surface area contributed by atoms with Crippen molar-refractivity contribution in [1.82, 2.24) is 4.90 Å². The van der Waals surface area contributed by atoms with Crippen molar-refractivity contribution in [1.29, 1.82) is 0 Å². The highest BCUT2D eigenvalue weighted by Gasteiger charge is 2.27. The Balaban J connectivity index is 1.83. The second-order valence-corrected chi connectivity index (χ2v) is 8.07. The van der Waals surface area contributed by atoms with E-state index in [9.17, 15) is 9.59 Å². The minimum absolute atomic E-state index is 0.230. The summed E-state index contributed by atoms with van der Waals surface area (Å²) in [6, 6.07) is 5.82. The summed E-state index contributed by atoms with van der Waals surface area (Å²) < 4.78 is 11.4. The number of likely N-dealkylation sites (tertiary alicyclic amines) is 1. The van der Waals surface area contributed by atoms with Gasteiger partial charge >= 0.3 is 6.09 Å². The van der Waals surface area contributed by atoms with E-state index >= 15 is 0 Å². The molecule has 1 fully saturated rings. The van der Waals surface area contributed by atoms with Crippen molar-refractivity contribution >= 4 is 12.2 Å². The summed E-state index contributed by atoms with van der Waals surface area (Å²) in [5.74, 6) is 1.19. The van der Waals surface area contributed by atoms with E-state index < -0.39 is 5.60 Å². The molecule has 0 N–H and O–H groups in total. The van der Waals surface area contributed by atoms with Crippen LogP contribution >= 0.6 is 0 Å². The number of rotatable bonds is 6. The fraction of sp³-hybridized carbons (Fsp3) is 0.619. The number of amides is 1. The van der Waals surface area contributed by atoms with Gasteiger partial charge in [-0.15, -0.1) is 0 Å². The molecule has 6 nitrogen and oxygen atoms in total. The van der Waals surface area contributed by atoms with Gasteiger partial charge in [-0.25, -0.2) is 14.6 Å². The predicted octanol–water partition coefficient (Wildman–Crippen LogP) is 4.25. The Morgan fingerprint density at radius 1 is 1.37 bits per heavy atom. The van der Waals surface area contributed by atoms with Crippen molar-refractivity contribution in [3.63, 3.8) is 0 Å². The summed E-state index contributed by atoms with van der Waals surface area (Å²) in [6.45, 7) is 10.0. The molecule has 1 amide bonds. The Hall–Kier alpha value is -2.33. The average molecular weight is 374 g/mol. The molecule has 0 saturated carbocycles. The number of nitrogens with zero attached hydrogens (tertiary/aromatic N) is 2. The zero-order chi connectivity index (χ0) is 19.9. The fourth-order valence-corrected chi connectivity index (χ4v) is 3.16. The predicted molar refractivity (Wildman–Crippen MR) is 104 cm³/mol. The normalized spacial score (nSPS) is 17.2. The molecule has 6 heteroatoms. The Bertz CT molecular complexity index is 690. The minimum Gasteiger partial charge on any atom is -0.494 e. The van der Waals surface area contributed by atoms with E-state index in [1.807, 2.05) is 45.9 Å². The summed E-state index contributed by atoms with van der Waals surface area (Å²) in [5, 5.41) is 0. The lowest BCUT2D eigenvalue weighted by molar-refractivity contribution is 0.0154. The van der Waals surface area contributed by atoms with E-state index in [2.05, 4.69) is 4.99 Å². The van der Waals surface area contributed by atoms with Crippen LogP contribution in [0.15, 0.2) is 23.2 Å². The van der Waals surface area contributed by atoms with Crippen LogP contribution in [0.2, 0.25) is 0 Å². The second kappa shape index (κ2) is 9.56. The zero-order valence-electron chi connectivity index (χ0n) is 16.8. The molecule has 0 aromatic heterocycles. The van der Waals surface area contributed by atoms with Gasteiger partial charge in [0.1, 0.15) is 11.4 Å². The third-order valence-electron chi connectivity index (χ3n) is 4.60. The molecule has 148 valence electrons. The number of isocyanates is 1. The van der Waals surface area contributed by atoms with Gasteiger partial charge in [0.05, 0.1) is 13.2 Å². The van der Waals surface area contributed by atoms with E-state index in [1.165, 1.54) is 0 Å². The maximum atomic E-state index is 12.2. The lowest BCUT2D eigenvalue weighted by atomic mass is 9.95. The number of carbonyl (C=O) groups is 1. The van der Waals surface area contributed by atoms with Gasteiger partial charge in [-0.3, -0.25) is 0 Å². The SMILES string of the molecule is Cc1ccc(OCCC2CCCN(C(=O)OC(C)(C)C)C2)cc1CN=C=O. The maximum Gasteiger partial charge on any atom is 0.410 e. The van der Waals surface area contributed by atoms with Crippen molar-refractivity contribution in [2.75, 3.05) is 19.7 Å². The quantitative estimate of drug-likeness (QED) is 0.551. The Labute approximate surface area is 161 Å². The molecule has 0 bridgehead atoms. The third-order valence-corrected chi connectivity index (χ3v) is 4.60. The van der Waals surface area contributed by atoms with Crippen LogP contribution in [0.5, 0.6) is 5.75 Å². The van der Waals surface area contributed by atoms with Crippen LogP contribution < -0.4 is 4.74 Å². The van der Waals surface area contributed by atoms with Gasteiger partial charge in [-0.2, -0.15) is 0 Å². The first-order valence-corrected chi connectivity index (χ1v) is 9.52. The van der Waals surface area contributed by atoms with Crippen molar-refractivity contribution in [3.8, 4) is 5.75 Å². The summed E-state index contributed by atoms with van der Waals surface area (Å²) in [7, 11) is 0. The molecular formula is C21H30N2O4. The summed E-state index contributed by atoms with van der Waals surface area (Å²) >= 11 is 0. The first-order valence-electron chi connectivity index (χ1n) is 9.52. The van der Waals surface area contributed by atoms with Crippen LogP contribution in [0.4, 0.5) is 4.79 Å². The standard InChI is InChI=1S/C21H30N2O4/c1-16-7-8-19(12-18(16)13-22-15-24)26-11-9-17-6-5-10-23(14-17)20(25)27-21(2,3)4/h7-8,12,17H,5-6,9-11,13-14H2,1-4H3. The number of ether oxygens (including phenoxy) is 2. The highest BCUT2D eigenvalue weighted by molar-refractivity contribution is 5.68. The molecule has 1 atom stereocenters. The molecule has 0 aliphatic carbocycles. The highest BCUT2D eigenvalue weighted by Crippen LogP contribution is 2.23. The van der Waals surface area contributed by atoms with E-state index in [-0.39, 0.29) is 6.09 Å². The van der Waals surface area contributed by atoms with Crippen LogP contribution in [0.1, 0.15) is 51.2 Å². The molecule has 1 saturated heterocycles. The van der Waals surface area contributed by atoms with Crippen molar-refractivity contribution in [2.24, 2.45) is 10.9 Å². The topological polar surface area (TPSA) is 68.2 Å². The van der Waals surface area contributed by atoms with E-state index in [0.717, 1.165) is 42.7 Å². The molecule has 1 unspecified atom stereocenters. The van der Waals surface area contributed by atoms with Gasteiger partial charge < -0.3 is 14.4 Å². The molecule has 1 aliphatic heterocycles. The Morgan fingerprint density at radius 3 is 2.85 bits per heavy atom. The maximum absolute atomic E-state index is 12.2. The molecule has 0 spiro atoms. The van der Waals surface area contributed by atoms with Crippen LogP contribution in [0.25, 0.3) is 0 Å². The Kier molecular flexibility index (Phi) is 7.43. The van der Waals surface area contributed by atoms with Crippen LogP contribution in [-0.2, 0) is 16.1 Å². The minimum atomic E-state index is -0.468. The number of benzene rings is 1. The zero-order valence-corrected chi connectivity index (χ0v) is 16.8. The lowest BCUT2D eigenvalue weighted by Crippen LogP contribution is -2.43. The van der Waals surface area contributed by atoms with Crippen molar-refractivity contribution in [2.45, 2.75) is 59.1 Å². The second-order valence-electron chi connectivity index (χ2n) is 8.07. The van der Waals surface area contributed by atoms with E-state index in [4.69, 9.17) is 9.47 Å². The highest BCUT2D eigenvalue weighted by atomic mass is 16.6. The van der Waals surface area contributed by atoms with Crippen LogP contribution in [-0.4, -0.2) is 42.4 Å². The monoisotopic (exact) mass is 374 g/mol. The summed E-state index contributed by atoms with van der Waals surface area (Å²) in [5.41, 5.74) is 1.57. The first kappa shape index (κ1) is 21.0. The first-order chi connectivity index (χ1) is 12.8. The molecule has 2 rings (SSSR count). The Morgan fingerprint density at radius 2 is 2.15 bits per heavy atom. The number of aryl methyl sites for hydroxylation is 1. The summed E-state index contributed by atoms with van der Waals surface area (Å²) in [6.07, 6.45) is 4.30. The lowest BCUT2D eigenvalue weighted by Gasteiger charge is -2.34. The number of piperidine rings is 1. The van der Waals surface area contributed by atoms with Gasteiger partial charge in [0.2, 0.25) is 6.08 Å². The fourth-order valence-electron chi connectivity index (χ4n) is 3.16. The van der Waals surface area contributed by atoms with Gasteiger partial charge in [-0.05, 0) is 76.1 Å². The number of hydrogen-bond donors (Lipinski definition) is 0.